The second-order valence-electron chi connectivity index (χ2n) is 8.65. The molecule has 132 valence electrons. The van der Waals surface area contributed by atoms with E-state index in [1.165, 1.54) is 70.6 Å². The van der Waals surface area contributed by atoms with Gasteiger partial charge in [0.05, 0.1) is 0 Å². The summed E-state index contributed by atoms with van der Waals surface area (Å²) in [6.07, 6.45) is 14.6. The molecule has 4 rings (SSSR count). The Labute approximate surface area is 147 Å². The molecule has 0 bridgehead atoms. The first-order valence-electron chi connectivity index (χ1n) is 9.73. The number of piperidine rings is 2. The first-order chi connectivity index (χ1) is 10.7. The molecule has 4 fully saturated rings. The maximum atomic E-state index is 13.1. The number of nitrogens with one attached hydrogen (secondary N) is 1. The Morgan fingerprint density at radius 1 is 0.913 bits per heavy atom. The molecule has 4 aliphatic rings. The standard InChI is InChI=1S/C19H32N2O.ClH/c22-17(16-14-19(16)9-11-20-12-10-19)21-13-5-8-18(15-21)6-3-1-2-4-7-18;/h16,20H,1-15H2;1H. The summed E-state index contributed by atoms with van der Waals surface area (Å²) in [6, 6.07) is 0. The Morgan fingerprint density at radius 3 is 2.26 bits per heavy atom. The lowest BCUT2D eigenvalue weighted by Crippen LogP contribution is -2.47. The number of halogens is 1. The summed E-state index contributed by atoms with van der Waals surface area (Å²) in [7, 11) is 0. The molecular weight excluding hydrogens is 308 g/mol. The molecule has 0 aromatic carbocycles. The summed E-state index contributed by atoms with van der Waals surface area (Å²) in [5.41, 5.74) is 0.886. The van der Waals surface area contributed by atoms with E-state index in [4.69, 9.17) is 0 Å². The predicted octanol–water partition coefficient (Wildman–Crippen LogP) is 3.76. The van der Waals surface area contributed by atoms with Crippen LogP contribution < -0.4 is 5.32 Å². The molecule has 1 atom stereocenters. The van der Waals surface area contributed by atoms with Gasteiger partial charge >= 0.3 is 0 Å². The van der Waals surface area contributed by atoms with Gasteiger partial charge in [-0.2, -0.15) is 0 Å². The van der Waals surface area contributed by atoms with Crippen LogP contribution in [0.2, 0.25) is 0 Å². The van der Waals surface area contributed by atoms with Crippen molar-refractivity contribution >= 4 is 18.3 Å². The van der Waals surface area contributed by atoms with E-state index in [2.05, 4.69) is 10.2 Å². The van der Waals surface area contributed by atoms with Crippen LogP contribution in [0.4, 0.5) is 0 Å². The number of amides is 1. The fraction of sp³-hybridized carbons (Fsp3) is 0.947. The Hall–Kier alpha value is -0.280. The molecule has 0 radical (unpaired) electrons. The fourth-order valence-electron chi connectivity index (χ4n) is 5.68. The van der Waals surface area contributed by atoms with Crippen molar-refractivity contribution in [3.05, 3.63) is 0 Å². The van der Waals surface area contributed by atoms with E-state index in [9.17, 15) is 4.79 Å². The van der Waals surface area contributed by atoms with E-state index in [1.807, 2.05) is 0 Å². The molecule has 0 aromatic rings. The van der Waals surface area contributed by atoms with Gasteiger partial charge in [-0.15, -0.1) is 12.4 Å². The second kappa shape index (κ2) is 6.92. The van der Waals surface area contributed by atoms with Crippen LogP contribution in [0.5, 0.6) is 0 Å². The Bertz CT molecular complexity index is 425. The smallest absolute Gasteiger partial charge is 0.226 e. The summed E-state index contributed by atoms with van der Waals surface area (Å²) >= 11 is 0. The fourth-order valence-corrected chi connectivity index (χ4v) is 5.68. The van der Waals surface area contributed by atoms with Gasteiger partial charge in [0.25, 0.3) is 0 Å². The van der Waals surface area contributed by atoms with E-state index in [0.717, 1.165) is 26.2 Å². The number of carbonyl (C=O) groups excluding carboxylic acids is 1. The van der Waals surface area contributed by atoms with Crippen LogP contribution in [0, 0.1) is 16.7 Å². The van der Waals surface area contributed by atoms with E-state index in [0.29, 0.717) is 22.7 Å². The van der Waals surface area contributed by atoms with Gasteiger partial charge in [-0.05, 0) is 68.9 Å². The van der Waals surface area contributed by atoms with Gasteiger partial charge in [0.15, 0.2) is 0 Å². The summed E-state index contributed by atoms with van der Waals surface area (Å²) in [4.78, 5) is 15.3. The van der Waals surface area contributed by atoms with Gasteiger partial charge in [-0.3, -0.25) is 4.79 Å². The van der Waals surface area contributed by atoms with Crippen LogP contribution in [0.25, 0.3) is 0 Å². The summed E-state index contributed by atoms with van der Waals surface area (Å²) in [5.74, 6) is 0.890. The molecule has 4 heteroatoms. The van der Waals surface area contributed by atoms with Crippen molar-refractivity contribution in [2.75, 3.05) is 26.2 Å². The molecule has 2 spiro atoms. The van der Waals surface area contributed by atoms with E-state index < -0.39 is 0 Å². The van der Waals surface area contributed by atoms with Crippen LogP contribution in [-0.4, -0.2) is 37.0 Å². The summed E-state index contributed by atoms with van der Waals surface area (Å²) in [5, 5.41) is 3.45. The average Bonchev–Trinajstić information content (AvgIpc) is 3.28. The lowest BCUT2D eigenvalue weighted by atomic mass is 9.74. The molecule has 2 saturated heterocycles. The van der Waals surface area contributed by atoms with Gasteiger partial charge in [0.2, 0.25) is 5.91 Å². The third-order valence-corrected chi connectivity index (χ3v) is 7.22. The molecular formula is C19H33ClN2O. The quantitative estimate of drug-likeness (QED) is 0.788. The van der Waals surface area contributed by atoms with Crippen molar-refractivity contribution in [1.29, 1.82) is 0 Å². The summed E-state index contributed by atoms with van der Waals surface area (Å²) < 4.78 is 0. The van der Waals surface area contributed by atoms with Crippen molar-refractivity contribution in [2.45, 2.75) is 70.6 Å². The highest BCUT2D eigenvalue weighted by Gasteiger charge is 2.59. The van der Waals surface area contributed by atoms with Crippen molar-refractivity contribution < 1.29 is 4.79 Å². The maximum Gasteiger partial charge on any atom is 0.226 e. The number of likely N-dealkylation sites (tertiary alicyclic amines) is 1. The lowest BCUT2D eigenvalue weighted by molar-refractivity contribution is -0.137. The third-order valence-electron chi connectivity index (χ3n) is 7.22. The Kier molecular flexibility index (Phi) is 5.27. The SMILES string of the molecule is Cl.O=C(C1CC12CCNCC2)N1CCCC2(CCCCCC2)C1. The number of hydrogen-bond donors (Lipinski definition) is 1. The minimum atomic E-state index is 0. The molecule has 23 heavy (non-hydrogen) atoms. The van der Waals surface area contributed by atoms with E-state index in [1.54, 1.807) is 0 Å². The Morgan fingerprint density at radius 2 is 1.57 bits per heavy atom. The van der Waals surface area contributed by atoms with Crippen LogP contribution in [0.1, 0.15) is 70.6 Å². The molecule has 2 aliphatic heterocycles. The zero-order chi connectivity index (χ0) is 15.0. The molecule has 3 nitrogen and oxygen atoms in total. The van der Waals surface area contributed by atoms with E-state index in [-0.39, 0.29) is 12.4 Å². The highest BCUT2D eigenvalue weighted by molar-refractivity contribution is 5.85. The van der Waals surface area contributed by atoms with Gasteiger partial charge in [0, 0.05) is 19.0 Å². The van der Waals surface area contributed by atoms with Crippen molar-refractivity contribution in [1.82, 2.24) is 10.2 Å². The molecule has 0 aromatic heterocycles. The second-order valence-corrected chi connectivity index (χ2v) is 8.65. The van der Waals surface area contributed by atoms with Gasteiger partial charge in [-0.1, -0.05) is 25.7 Å². The van der Waals surface area contributed by atoms with Gasteiger partial charge in [0.1, 0.15) is 0 Å². The van der Waals surface area contributed by atoms with Crippen LogP contribution in [0.3, 0.4) is 0 Å². The Balaban J connectivity index is 0.00000156. The normalized spacial score (nSPS) is 32.2. The lowest BCUT2D eigenvalue weighted by Gasteiger charge is -2.43. The van der Waals surface area contributed by atoms with Crippen LogP contribution in [0.15, 0.2) is 0 Å². The molecule has 2 saturated carbocycles. The molecule has 1 unspecified atom stereocenters. The number of rotatable bonds is 1. The summed E-state index contributed by atoms with van der Waals surface area (Å²) in [6.45, 7) is 4.35. The van der Waals surface area contributed by atoms with Crippen LogP contribution >= 0.6 is 12.4 Å². The number of nitrogens with zero attached hydrogens (tertiary/aromatic N) is 1. The minimum absolute atomic E-state index is 0. The molecule has 1 N–H and O–H groups in total. The van der Waals surface area contributed by atoms with Crippen molar-refractivity contribution in [3.63, 3.8) is 0 Å². The average molecular weight is 341 g/mol. The van der Waals surface area contributed by atoms with Crippen molar-refractivity contribution in [3.8, 4) is 0 Å². The third kappa shape index (κ3) is 3.42. The minimum Gasteiger partial charge on any atom is -0.342 e. The monoisotopic (exact) mass is 340 g/mol. The highest BCUT2D eigenvalue weighted by Crippen LogP contribution is 2.59. The molecule has 1 amide bonds. The maximum absolute atomic E-state index is 13.1. The molecule has 2 heterocycles. The van der Waals surface area contributed by atoms with Crippen LogP contribution in [-0.2, 0) is 4.79 Å². The topological polar surface area (TPSA) is 32.3 Å². The first-order valence-corrected chi connectivity index (χ1v) is 9.73. The highest BCUT2D eigenvalue weighted by atomic mass is 35.5. The molecule has 2 aliphatic carbocycles. The zero-order valence-corrected chi connectivity index (χ0v) is 15.3. The number of hydrogen-bond acceptors (Lipinski definition) is 2. The number of carbonyl (C=O) groups is 1. The predicted molar refractivity (Wildman–Crippen MR) is 95.8 cm³/mol. The van der Waals surface area contributed by atoms with Gasteiger partial charge in [-0.25, -0.2) is 0 Å². The van der Waals surface area contributed by atoms with Crippen molar-refractivity contribution in [2.24, 2.45) is 16.7 Å². The first kappa shape index (κ1) is 17.5. The van der Waals surface area contributed by atoms with Gasteiger partial charge < -0.3 is 10.2 Å². The zero-order valence-electron chi connectivity index (χ0n) is 14.4. The largest absolute Gasteiger partial charge is 0.342 e. The van der Waals surface area contributed by atoms with E-state index >= 15 is 0 Å².